The molecule has 1 atom stereocenters. The molecule has 0 bridgehead atoms. The summed E-state index contributed by atoms with van der Waals surface area (Å²) in [5.74, 6) is -0.0995. The van der Waals surface area contributed by atoms with Crippen LogP contribution in [0, 0.1) is 0 Å². The molecule has 4 rings (SSSR count). The van der Waals surface area contributed by atoms with Crippen LogP contribution < -0.4 is 4.90 Å². The van der Waals surface area contributed by atoms with Crippen molar-refractivity contribution in [3.63, 3.8) is 0 Å². The summed E-state index contributed by atoms with van der Waals surface area (Å²) in [6.07, 6.45) is 2.13. The highest BCUT2D eigenvalue weighted by molar-refractivity contribution is 7.91. The Balaban J connectivity index is 1.63. The minimum atomic E-state index is -3.59. The highest BCUT2D eigenvalue weighted by Gasteiger charge is 2.42. The summed E-state index contributed by atoms with van der Waals surface area (Å²) >= 11 is 1.20. The molecule has 2 aromatic rings. The molecule has 0 aliphatic carbocycles. The summed E-state index contributed by atoms with van der Waals surface area (Å²) in [7, 11) is -3.59. The number of thiophene rings is 1. The molecule has 1 amide bonds. The van der Waals surface area contributed by atoms with Crippen LogP contribution >= 0.6 is 11.3 Å². The Morgan fingerprint density at radius 1 is 1.12 bits per heavy atom. The summed E-state index contributed by atoms with van der Waals surface area (Å²) < 4.78 is 27.4. The Bertz CT molecular complexity index is 862. The van der Waals surface area contributed by atoms with Gasteiger partial charge in [0.1, 0.15) is 10.3 Å². The van der Waals surface area contributed by atoms with E-state index < -0.39 is 16.1 Å². The molecule has 1 unspecified atom stereocenters. The fourth-order valence-electron chi connectivity index (χ4n) is 3.55. The minimum absolute atomic E-state index is 0.0995. The first-order valence-electron chi connectivity index (χ1n) is 8.04. The third-order valence-corrected chi connectivity index (χ3v) is 7.98. The number of nitrogens with zero attached hydrogens (tertiary/aromatic N) is 2. The zero-order chi connectivity index (χ0) is 16.7. The van der Waals surface area contributed by atoms with E-state index in [0.29, 0.717) is 23.7 Å². The Morgan fingerprint density at radius 3 is 2.75 bits per heavy atom. The Labute approximate surface area is 145 Å². The molecular formula is C17H18N2O3S2. The van der Waals surface area contributed by atoms with E-state index in [2.05, 4.69) is 0 Å². The number of fused-ring (bicyclic) bond motifs is 1. The number of hydrogen-bond acceptors (Lipinski definition) is 4. The van der Waals surface area contributed by atoms with Crippen molar-refractivity contribution in [2.45, 2.75) is 29.5 Å². The number of amides is 1. The first kappa shape index (κ1) is 15.8. The molecule has 0 saturated carbocycles. The topological polar surface area (TPSA) is 57.7 Å². The van der Waals surface area contributed by atoms with Gasteiger partial charge in [-0.3, -0.25) is 4.79 Å². The molecule has 126 valence electrons. The van der Waals surface area contributed by atoms with Gasteiger partial charge in [-0.2, -0.15) is 4.31 Å². The van der Waals surface area contributed by atoms with Crippen LogP contribution in [0.5, 0.6) is 0 Å². The lowest BCUT2D eigenvalue weighted by Crippen LogP contribution is -2.47. The summed E-state index contributed by atoms with van der Waals surface area (Å²) in [6, 6.07) is 10.6. The van der Waals surface area contributed by atoms with Crippen molar-refractivity contribution in [2.24, 2.45) is 0 Å². The van der Waals surface area contributed by atoms with E-state index in [9.17, 15) is 13.2 Å². The lowest BCUT2D eigenvalue weighted by Gasteiger charge is -2.27. The van der Waals surface area contributed by atoms with Crippen LogP contribution in [-0.2, 0) is 21.2 Å². The number of benzene rings is 1. The third-order valence-electron chi connectivity index (χ3n) is 4.70. The summed E-state index contributed by atoms with van der Waals surface area (Å²) in [6.45, 7) is 1.04. The van der Waals surface area contributed by atoms with Gasteiger partial charge in [0.2, 0.25) is 5.91 Å². The number of carbonyl (C=O) groups excluding carboxylic acids is 1. The van der Waals surface area contributed by atoms with Crippen molar-refractivity contribution in [3.8, 4) is 0 Å². The van der Waals surface area contributed by atoms with Gasteiger partial charge in [0.05, 0.1) is 0 Å². The molecule has 0 spiro atoms. The molecule has 1 fully saturated rings. The van der Waals surface area contributed by atoms with Gasteiger partial charge in [0.15, 0.2) is 0 Å². The van der Waals surface area contributed by atoms with Gasteiger partial charge in [-0.15, -0.1) is 11.3 Å². The number of sulfonamides is 1. The molecule has 0 radical (unpaired) electrons. The SMILES string of the molecule is O=C(C1CCCN1S(=O)(=O)c1cccs1)N1CCc2ccccc21. The molecular weight excluding hydrogens is 344 g/mol. The maximum absolute atomic E-state index is 13.1. The highest BCUT2D eigenvalue weighted by Crippen LogP contribution is 2.33. The predicted molar refractivity (Wildman–Crippen MR) is 93.7 cm³/mol. The van der Waals surface area contributed by atoms with Crippen LogP contribution in [0.1, 0.15) is 18.4 Å². The van der Waals surface area contributed by atoms with E-state index in [1.807, 2.05) is 24.3 Å². The Morgan fingerprint density at radius 2 is 1.96 bits per heavy atom. The van der Waals surface area contributed by atoms with Gasteiger partial charge in [-0.25, -0.2) is 8.42 Å². The first-order chi connectivity index (χ1) is 11.6. The molecule has 7 heteroatoms. The molecule has 1 aromatic heterocycles. The second kappa shape index (κ2) is 5.98. The zero-order valence-electron chi connectivity index (χ0n) is 13.1. The van der Waals surface area contributed by atoms with Crippen LogP contribution in [0.15, 0.2) is 46.0 Å². The summed E-state index contributed by atoms with van der Waals surface area (Å²) in [5, 5.41) is 1.75. The Hall–Kier alpha value is -1.70. The maximum atomic E-state index is 13.1. The van der Waals surface area contributed by atoms with Gasteiger partial charge < -0.3 is 4.90 Å². The number of hydrogen-bond donors (Lipinski definition) is 0. The van der Waals surface area contributed by atoms with Crippen molar-refractivity contribution in [3.05, 3.63) is 47.3 Å². The first-order valence-corrected chi connectivity index (χ1v) is 10.4. The second-order valence-corrected chi connectivity index (χ2v) is 9.14. The quantitative estimate of drug-likeness (QED) is 0.843. The molecule has 2 aliphatic heterocycles. The van der Waals surface area contributed by atoms with Crippen LogP contribution in [0.3, 0.4) is 0 Å². The summed E-state index contributed by atoms with van der Waals surface area (Å²) in [5.41, 5.74) is 2.07. The number of carbonyl (C=O) groups is 1. The molecule has 24 heavy (non-hydrogen) atoms. The molecule has 1 saturated heterocycles. The molecule has 2 aliphatic rings. The van der Waals surface area contributed by atoms with Gasteiger partial charge in [-0.1, -0.05) is 24.3 Å². The highest BCUT2D eigenvalue weighted by atomic mass is 32.2. The van der Waals surface area contributed by atoms with Gasteiger partial charge in [-0.05, 0) is 42.3 Å². The Kier molecular flexibility index (Phi) is 3.94. The van der Waals surface area contributed by atoms with E-state index in [0.717, 1.165) is 24.1 Å². The number of rotatable bonds is 3. The largest absolute Gasteiger partial charge is 0.310 e. The fourth-order valence-corrected chi connectivity index (χ4v) is 6.32. The van der Waals surface area contributed by atoms with Crippen LogP contribution in [-0.4, -0.2) is 37.8 Å². The number of para-hydroxylation sites is 1. The monoisotopic (exact) mass is 362 g/mol. The van der Waals surface area contributed by atoms with Crippen molar-refractivity contribution in [2.75, 3.05) is 18.0 Å². The van der Waals surface area contributed by atoms with E-state index in [1.54, 1.807) is 22.4 Å². The van der Waals surface area contributed by atoms with Crippen molar-refractivity contribution >= 4 is 33.0 Å². The van der Waals surface area contributed by atoms with E-state index in [4.69, 9.17) is 0 Å². The van der Waals surface area contributed by atoms with E-state index >= 15 is 0 Å². The van der Waals surface area contributed by atoms with Crippen LogP contribution in [0.2, 0.25) is 0 Å². The molecule has 3 heterocycles. The molecule has 5 nitrogen and oxygen atoms in total. The average Bonchev–Trinajstić information content (AvgIpc) is 3.33. The normalized spacial score (nSPS) is 21.2. The van der Waals surface area contributed by atoms with E-state index in [-0.39, 0.29) is 5.91 Å². The van der Waals surface area contributed by atoms with Crippen molar-refractivity contribution < 1.29 is 13.2 Å². The zero-order valence-corrected chi connectivity index (χ0v) is 14.7. The lowest BCUT2D eigenvalue weighted by atomic mass is 10.1. The maximum Gasteiger partial charge on any atom is 0.253 e. The van der Waals surface area contributed by atoms with Gasteiger partial charge >= 0.3 is 0 Å². The van der Waals surface area contributed by atoms with Gasteiger partial charge in [0.25, 0.3) is 10.0 Å². The standard InChI is InChI=1S/C17H18N2O3S2/c20-17(18-11-9-13-5-1-2-6-14(13)18)15-7-3-10-19(15)24(21,22)16-8-4-12-23-16/h1-2,4-6,8,12,15H,3,7,9-11H2. The fraction of sp³-hybridized carbons (Fsp3) is 0.353. The smallest absolute Gasteiger partial charge is 0.253 e. The molecule has 0 N–H and O–H groups in total. The molecule has 1 aromatic carbocycles. The number of anilines is 1. The van der Waals surface area contributed by atoms with Crippen LogP contribution in [0.4, 0.5) is 5.69 Å². The van der Waals surface area contributed by atoms with E-state index in [1.165, 1.54) is 15.6 Å². The van der Waals surface area contributed by atoms with Crippen LogP contribution in [0.25, 0.3) is 0 Å². The third kappa shape index (κ3) is 2.47. The van der Waals surface area contributed by atoms with Crippen molar-refractivity contribution in [1.82, 2.24) is 4.31 Å². The second-order valence-electron chi connectivity index (χ2n) is 6.07. The minimum Gasteiger partial charge on any atom is -0.310 e. The average molecular weight is 362 g/mol. The predicted octanol–water partition coefficient (Wildman–Crippen LogP) is 2.49. The lowest BCUT2D eigenvalue weighted by molar-refractivity contribution is -0.121. The summed E-state index contributed by atoms with van der Waals surface area (Å²) in [4.78, 5) is 14.8. The van der Waals surface area contributed by atoms with Gasteiger partial charge in [0, 0.05) is 18.8 Å². The van der Waals surface area contributed by atoms with Crippen molar-refractivity contribution in [1.29, 1.82) is 0 Å².